The second kappa shape index (κ2) is 8.19. The molecule has 4 atom stereocenters. The molecule has 0 radical (unpaired) electrons. The van der Waals surface area contributed by atoms with Gasteiger partial charge in [-0.15, -0.1) is 0 Å². The molecule has 0 aliphatic carbocycles. The molecule has 0 saturated carbocycles. The second-order valence-electron chi connectivity index (χ2n) is 8.85. The number of amides is 1. The quantitative estimate of drug-likeness (QED) is 0.834. The summed E-state index contributed by atoms with van der Waals surface area (Å²) in [5.41, 5.74) is 1.87. The highest BCUT2D eigenvalue weighted by Gasteiger charge is 2.40. The molecule has 2 bridgehead atoms. The van der Waals surface area contributed by atoms with Crippen LogP contribution in [0.1, 0.15) is 36.0 Å². The number of anilines is 1. The lowest BCUT2D eigenvalue weighted by atomic mass is 9.75. The number of carbonyl (C=O) groups excluding carboxylic acids is 1. The fourth-order valence-electron chi connectivity index (χ4n) is 5.19. The van der Waals surface area contributed by atoms with Crippen molar-refractivity contribution in [2.24, 2.45) is 11.8 Å². The van der Waals surface area contributed by atoms with Gasteiger partial charge < -0.3 is 15.1 Å². The summed E-state index contributed by atoms with van der Waals surface area (Å²) >= 11 is 0. The zero-order valence-corrected chi connectivity index (χ0v) is 16.9. The van der Waals surface area contributed by atoms with Gasteiger partial charge in [0, 0.05) is 51.0 Å². The number of nitrogens with zero attached hydrogens (tertiary/aromatic N) is 3. The molecule has 1 N–H and O–H groups in total. The first-order valence-corrected chi connectivity index (χ1v) is 10.6. The normalized spacial score (nSPS) is 30.4. The molecule has 27 heavy (non-hydrogen) atoms. The maximum atomic E-state index is 12.5. The second-order valence-corrected chi connectivity index (χ2v) is 8.85. The standard InChI is InChI=1S/C22H34N4O/c1-24(2)20-7-5-17(6-8-20)22(27)23-14-21-13-18-9-12-26(21)16-19(18)15-25-10-3-4-11-25/h5-8,18-19,21H,3-4,9-16H2,1-2H3,(H,23,27)/t18-,19-,21+/m0/s1. The zero-order chi connectivity index (χ0) is 18.8. The van der Waals surface area contributed by atoms with Crippen molar-refractivity contribution in [2.75, 3.05) is 58.3 Å². The molecule has 4 aliphatic heterocycles. The minimum absolute atomic E-state index is 0.0524. The highest BCUT2D eigenvalue weighted by atomic mass is 16.1. The van der Waals surface area contributed by atoms with Gasteiger partial charge in [-0.1, -0.05) is 0 Å². The number of fused-ring (bicyclic) bond motifs is 3. The number of carbonyl (C=O) groups is 1. The molecule has 5 heteroatoms. The summed E-state index contributed by atoms with van der Waals surface area (Å²) in [7, 11) is 4.03. The van der Waals surface area contributed by atoms with Crippen LogP contribution >= 0.6 is 0 Å². The first-order chi connectivity index (χ1) is 13.1. The Labute approximate surface area is 163 Å². The Hall–Kier alpha value is -1.59. The highest BCUT2D eigenvalue weighted by Crippen LogP contribution is 2.36. The van der Waals surface area contributed by atoms with Crippen LogP contribution in [0.15, 0.2) is 24.3 Å². The average molecular weight is 371 g/mol. The SMILES string of the molecule is CN(C)c1ccc(C(=O)NC[C@H]2C[C@@H]3CCN2C[C@@H]3CN2CCCC2)cc1. The fraction of sp³-hybridized carbons (Fsp3) is 0.682. The van der Waals surface area contributed by atoms with Crippen molar-refractivity contribution in [3.8, 4) is 0 Å². The number of likely N-dealkylation sites (tertiary alicyclic amines) is 1. The van der Waals surface area contributed by atoms with Crippen molar-refractivity contribution in [2.45, 2.75) is 31.7 Å². The van der Waals surface area contributed by atoms with Gasteiger partial charge >= 0.3 is 0 Å². The molecule has 1 aromatic rings. The van der Waals surface area contributed by atoms with E-state index in [1.807, 2.05) is 43.3 Å². The molecule has 0 aromatic heterocycles. The van der Waals surface area contributed by atoms with Gasteiger partial charge in [0.25, 0.3) is 5.91 Å². The van der Waals surface area contributed by atoms with Gasteiger partial charge in [0.1, 0.15) is 0 Å². The van der Waals surface area contributed by atoms with Crippen LogP contribution in [0, 0.1) is 11.8 Å². The molecule has 1 amide bonds. The number of nitrogens with one attached hydrogen (secondary N) is 1. The van der Waals surface area contributed by atoms with Crippen LogP contribution in [0.3, 0.4) is 0 Å². The Morgan fingerprint density at radius 1 is 1.15 bits per heavy atom. The maximum Gasteiger partial charge on any atom is 0.251 e. The smallest absolute Gasteiger partial charge is 0.251 e. The van der Waals surface area contributed by atoms with Crippen LogP contribution < -0.4 is 10.2 Å². The van der Waals surface area contributed by atoms with Crippen molar-refractivity contribution >= 4 is 11.6 Å². The molecular formula is C22H34N4O. The maximum absolute atomic E-state index is 12.5. The molecule has 1 unspecified atom stereocenters. The minimum Gasteiger partial charge on any atom is -0.378 e. The van der Waals surface area contributed by atoms with Crippen LogP contribution in [0.2, 0.25) is 0 Å². The summed E-state index contributed by atoms with van der Waals surface area (Å²) in [6.07, 6.45) is 5.35. The molecule has 1 aromatic carbocycles. The largest absolute Gasteiger partial charge is 0.378 e. The van der Waals surface area contributed by atoms with E-state index in [2.05, 4.69) is 15.1 Å². The summed E-state index contributed by atoms with van der Waals surface area (Å²) in [6, 6.07) is 8.37. The van der Waals surface area contributed by atoms with Crippen molar-refractivity contribution in [1.29, 1.82) is 0 Å². The Balaban J connectivity index is 1.27. The van der Waals surface area contributed by atoms with E-state index in [4.69, 9.17) is 0 Å². The van der Waals surface area contributed by atoms with Crippen LogP contribution in [-0.4, -0.2) is 75.1 Å². The van der Waals surface area contributed by atoms with E-state index in [9.17, 15) is 4.79 Å². The fourth-order valence-corrected chi connectivity index (χ4v) is 5.19. The average Bonchev–Trinajstić information content (AvgIpc) is 3.20. The highest BCUT2D eigenvalue weighted by molar-refractivity contribution is 5.94. The van der Waals surface area contributed by atoms with Gasteiger partial charge in [-0.2, -0.15) is 0 Å². The van der Waals surface area contributed by atoms with E-state index in [0.29, 0.717) is 6.04 Å². The topological polar surface area (TPSA) is 38.8 Å². The molecule has 4 aliphatic rings. The van der Waals surface area contributed by atoms with Crippen LogP contribution in [0.5, 0.6) is 0 Å². The molecule has 5 nitrogen and oxygen atoms in total. The van der Waals surface area contributed by atoms with E-state index >= 15 is 0 Å². The third kappa shape index (κ3) is 4.30. The summed E-state index contributed by atoms with van der Waals surface area (Å²) < 4.78 is 0. The van der Waals surface area contributed by atoms with Gasteiger partial charge in [-0.25, -0.2) is 0 Å². The van der Waals surface area contributed by atoms with Crippen molar-refractivity contribution in [1.82, 2.24) is 15.1 Å². The van der Waals surface area contributed by atoms with E-state index < -0.39 is 0 Å². The predicted molar refractivity (Wildman–Crippen MR) is 110 cm³/mol. The Bertz CT molecular complexity index is 638. The molecule has 5 rings (SSSR count). The third-order valence-electron chi connectivity index (χ3n) is 6.85. The number of rotatable bonds is 6. The lowest BCUT2D eigenvalue weighted by Crippen LogP contribution is -2.58. The Kier molecular flexibility index (Phi) is 5.69. The van der Waals surface area contributed by atoms with Gasteiger partial charge in [-0.05, 0) is 81.4 Å². The summed E-state index contributed by atoms with van der Waals surface area (Å²) in [6.45, 7) is 7.10. The number of hydrogen-bond donors (Lipinski definition) is 1. The van der Waals surface area contributed by atoms with E-state index in [1.54, 1.807) is 0 Å². The van der Waals surface area contributed by atoms with E-state index in [1.165, 1.54) is 58.4 Å². The first-order valence-electron chi connectivity index (χ1n) is 10.6. The van der Waals surface area contributed by atoms with Crippen LogP contribution in [-0.2, 0) is 0 Å². The van der Waals surface area contributed by atoms with Crippen molar-refractivity contribution in [3.05, 3.63) is 29.8 Å². The van der Waals surface area contributed by atoms with E-state index in [-0.39, 0.29) is 5.91 Å². The van der Waals surface area contributed by atoms with Gasteiger partial charge in [0.15, 0.2) is 0 Å². The number of piperidine rings is 3. The van der Waals surface area contributed by atoms with Gasteiger partial charge in [0.05, 0.1) is 0 Å². The minimum atomic E-state index is 0.0524. The van der Waals surface area contributed by atoms with E-state index in [0.717, 1.165) is 29.6 Å². The van der Waals surface area contributed by atoms with Crippen molar-refractivity contribution in [3.63, 3.8) is 0 Å². The lowest BCUT2D eigenvalue weighted by molar-refractivity contribution is -0.00904. The number of benzene rings is 1. The van der Waals surface area contributed by atoms with Gasteiger partial charge in [-0.3, -0.25) is 9.69 Å². The molecule has 148 valence electrons. The van der Waals surface area contributed by atoms with Crippen molar-refractivity contribution < 1.29 is 4.79 Å². The zero-order valence-electron chi connectivity index (χ0n) is 16.9. The number of hydrogen-bond acceptors (Lipinski definition) is 4. The molecule has 4 heterocycles. The summed E-state index contributed by atoms with van der Waals surface area (Å²) in [5, 5.41) is 3.19. The van der Waals surface area contributed by atoms with Gasteiger partial charge in [0.2, 0.25) is 0 Å². The monoisotopic (exact) mass is 370 g/mol. The molecule has 0 spiro atoms. The predicted octanol–water partition coefficient (Wildman–Crippen LogP) is 2.29. The summed E-state index contributed by atoms with van der Waals surface area (Å²) in [4.78, 5) is 19.9. The van der Waals surface area contributed by atoms with Crippen LogP contribution in [0.4, 0.5) is 5.69 Å². The Morgan fingerprint density at radius 3 is 2.52 bits per heavy atom. The van der Waals surface area contributed by atoms with Crippen LogP contribution in [0.25, 0.3) is 0 Å². The molecular weight excluding hydrogens is 336 g/mol. The summed E-state index contributed by atoms with van der Waals surface area (Å²) in [5.74, 6) is 1.73. The first kappa shape index (κ1) is 18.8. The Morgan fingerprint density at radius 2 is 1.89 bits per heavy atom. The molecule has 4 saturated heterocycles. The third-order valence-corrected chi connectivity index (χ3v) is 6.85. The molecule has 4 fully saturated rings. The lowest BCUT2D eigenvalue weighted by Gasteiger charge is -2.50.